The minimum atomic E-state index is -0.609. The van der Waals surface area contributed by atoms with Gasteiger partial charge in [-0.1, -0.05) is 29.8 Å². The molecule has 9 heteroatoms. The Hall–Kier alpha value is -2.58. The van der Waals surface area contributed by atoms with E-state index >= 15 is 0 Å². The molecule has 0 fully saturated rings. The summed E-state index contributed by atoms with van der Waals surface area (Å²) < 4.78 is 4.91. The van der Waals surface area contributed by atoms with Crippen LogP contribution in [0.25, 0.3) is 0 Å². The number of likely N-dealkylation sites (N-methyl/N-ethyl adjacent to an activating group) is 1. The van der Waals surface area contributed by atoms with Gasteiger partial charge in [0.15, 0.2) is 0 Å². The highest BCUT2D eigenvalue weighted by molar-refractivity contribution is 6.31. The van der Waals surface area contributed by atoms with Crippen molar-refractivity contribution in [2.45, 2.75) is 19.4 Å². The van der Waals surface area contributed by atoms with Crippen LogP contribution in [0.1, 0.15) is 24.9 Å². The standard InChI is InChI=1S/C20H25ClN4O4/c1-3-25-15-12-24(10-8-16(26)22-9-11-29-2)19(27)17(15)18(23-20(25)28)13-6-4-5-7-14(13)21/h4-7,18H,3,8-12H2,1-2H3,(H,22,26)(H,23,28). The second kappa shape index (κ2) is 9.28. The van der Waals surface area contributed by atoms with E-state index in [1.165, 1.54) is 0 Å². The summed E-state index contributed by atoms with van der Waals surface area (Å²) >= 11 is 6.34. The van der Waals surface area contributed by atoms with Crippen LogP contribution in [0.15, 0.2) is 35.5 Å². The van der Waals surface area contributed by atoms with Gasteiger partial charge in [-0.2, -0.15) is 0 Å². The number of halogens is 1. The van der Waals surface area contributed by atoms with Gasteiger partial charge in [0, 0.05) is 38.2 Å². The smallest absolute Gasteiger partial charge is 0.322 e. The van der Waals surface area contributed by atoms with Crippen LogP contribution in [0.5, 0.6) is 0 Å². The van der Waals surface area contributed by atoms with Gasteiger partial charge in [0.2, 0.25) is 5.91 Å². The molecule has 2 aliphatic rings. The Morgan fingerprint density at radius 1 is 1.34 bits per heavy atom. The van der Waals surface area contributed by atoms with Crippen LogP contribution in [-0.2, 0) is 14.3 Å². The second-order valence-electron chi connectivity index (χ2n) is 6.83. The fraction of sp³-hybridized carbons (Fsp3) is 0.450. The maximum atomic E-state index is 13.2. The zero-order valence-corrected chi connectivity index (χ0v) is 17.3. The molecule has 29 heavy (non-hydrogen) atoms. The fourth-order valence-electron chi connectivity index (χ4n) is 3.62. The zero-order valence-electron chi connectivity index (χ0n) is 16.5. The van der Waals surface area contributed by atoms with Crippen molar-refractivity contribution >= 4 is 29.4 Å². The first-order valence-electron chi connectivity index (χ1n) is 9.58. The number of nitrogens with one attached hydrogen (secondary N) is 2. The molecule has 0 radical (unpaired) electrons. The normalized spacial score (nSPS) is 18.8. The van der Waals surface area contributed by atoms with Crippen LogP contribution in [0.2, 0.25) is 5.02 Å². The van der Waals surface area contributed by atoms with E-state index in [0.29, 0.717) is 48.1 Å². The molecule has 3 rings (SSSR count). The molecule has 0 bridgehead atoms. The van der Waals surface area contributed by atoms with Gasteiger partial charge in [-0.25, -0.2) is 4.79 Å². The number of urea groups is 1. The predicted molar refractivity (Wildman–Crippen MR) is 108 cm³/mol. The maximum absolute atomic E-state index is 13.2. The van der Waals surface area contributed by atoms with Crippen molar-refractivity contribution in [1.82, 2.24) is 20.4 Å². The summed E-state index contributed by atoms with van der Waals surface area (Å²) in [5.74, 6) is -0.336. The second-order valence-corrected chi connectivity index (χ2v) is 7.24. The summed E-state index contributed by atoms with van der Waals surface area (Å²) in [5.41, 5.74) is 1.86. The van der Waals surface area contributed by atoms with E-state index in [1.807, 2.05) is 13.0 Å². The van der Waals surface area contributed by atoms with E-state index in [4.69, 9.17) is 16.3 Å². The molecular weight excluding hydrogens is 396 g/mol. The number of nitrogens with zero attached hydrogens (tertiary/aromatic N) is 2. The van der Waals surface area contributed by atoms with Gasteiger partial charge < -0.3 is 20.3 Å². The molecule has 0 aromatic heterocycles. The molecule has 4 amide bonds. The number of carbonyl (C=O) groups is 3. The van der Waals surface area contributed by atoms with E-state index in [9.17, 15) is 14.4 Å². The summed E-state index contributed by atoms with van der Waals surface area (Å²) in [7, 11) is 1.56. The van der Waals surface area contributed by atoms with E-state index in [1.54, 1.807) is 35.1 Å². The summed E-state index contributed by atoms with van der Waals surface area (Å²) in [5, 5.41) is 6.13. The van der Waals surface area contributed by atoms with E-state index in [-0.39, 0.29) is 30.8 Å². The van der Waals surface area contributed by atoms with Gasteiger partial charge in [0.25, 0.3) is 5.91 Å². The van der Waals surface area contributed by atoms with Crippen LogP contribution in [0.3, 0.4) is 0 Å². The number of rotatable bonds is 8. The number of ether oxygens (including phenoxy) is 1. The molecular formula is C20H25ClN4O4. The topological polar surface area (TPSA) is 91.0 Å². The monoisotopic (exact) mass is 420 g/mol. The van der Waals surface area contributed by atoms with Crippen molar-refractivity contribution in [3.8, 4) is 0 Å². The molecule has 1 atom stereocenters. The molecule has 0 saturated carbocycles. The summed E-state index contributed by atoms with van der Waals surface area (Å²) in [6, 6.07) is 6.29. The fourth-order valence-corrected chi connectivity index (χ4v) is 3.87. The van der Waals surface area contributed by atoms with Crippen molar-refractivity contribution in [2.75, 3.05) is 39.9 Å². The van der Waals surface area contributed by atoms with Gasteiger partial charge >= 0.3 is 6.03 Å². The van der Waals surface area contributed by atoms with Crippen LogP contribution in [0, 0.1) is 0 Å². The van der Waals surface area contributed by atoms with Crippen molar-refractivity contribution in [3.05, 3.63) is 46.1 Å². The molecule has 156 valence electrons. The lowest BCUT2D eigenvalue weighted by Crippen LogP contribution is -2.47. The Morgan fingerprint density at radius 3 is 2.79 bits per heavy atom. The Labute approximate surface area is 174 Å². The van der Waals surface area contributed by atoms with Crippen LogP contribution in [-0.4, -0.2) is 67.5 Å². The Bertz CT molecular complexity index is 842. The molecule has 2 N–H and O–H groups in total. The summed E-state index contributed by atoms with van der Waals surface area (Å²) in [6.07, 6.45) is 0.181. The highest BCUT2D eigenvalue weighted by atomic mass is 35.5. The first-order chi connectivity index (χ1) is 14.0. The third-order valence-corrected chi connectivity index (χ3v) is 5.41. The Morgan fingerprint density at radius 2 is 2.10 bits per heavy atom. The summed E-state index contributed by atoms with van der Waals surface area (Å²) in [4.78, 5) is 41.0. The van der Waals surface area contributed by atoms with Gasteiger partial charge in [-0.3, -0.25) is 14.5 Å². The summed E-state index contributed by atoms with van der Waals surface area (Å²) in [6.45, 7) is 3.72. The molecule has 1 unspecified atom stereocenters. The van der Waals surface area contributed by atoms with E-state index in [0.717, 1.165) is 0 Å². The lowest BCUT2D eigenvalue weighted by molar-refractivity contribution is -0.127. The largest absolute Gasteiger partial charge is 0.383 e. The van der Waals surface area contributed by atoms with Crippen LogP contribution in [0.4, 0.5) is 4.79 Å². The molecule has 0 spiro atoms. The molecule has 1 aromatic carbocycles. The number of hydrogen-bond donors (Lipinski definition) is 2. The van der Waals surface area contributed by atoms with Crippen LogP contribution < -0.4 is 10.6 Å². The lowest BCUT2D eigenvalue weighted by Gasteiger charge is -2.33. The predicted octanol–water partition coefficient (Wildman–Crippen LogP) is 1.68. The molecule has 0 saturated heterocycles. The molecule has 0 aliphatic carbocycles. The molecule has 2 heterocycles. The van der Waals surface area contributed by atoms with Crippen LogP contribution >= 0.6 is 11.6 Å². The maximum Gasteiger partial charge on any atom is 0.322 e. The molecule has 2 aliphatic heterocycles. The quantitative estimate of drug-likeness (QED) is 0.626. The third-order valence-electron chi connectivity index (χ3n) is 5.07. The highest BCUT2D eigenvalue weighted by Crippen LogP contribution is 2.38. The van der Waals surface area contributed by atoms with Gasteiger partial charge in [0.1, 0.15) is 0 Å². The number of carbonyl (C=O) groups excluding carboxylic acids is 3. The zero-order chi connectivity index (χ0) is 21.0. The van der Waals surface area contributed by atoms with E-state index < -0.39 is 6.04 Å². The van der Waals surface area contributed by atoms with Gasteiger partial charge in [-0.05, 0) is 18.6 Å². The van der Waals surface area contributed by atoms with E-state index in [2.05, 4.69) is 10.6 Å². The van der Waals surface area contributed by atoms with Crippen molar-refractivity contribution < 1.29 is 19.1 Å². The van der Waals surface area contributed by atoms with Gasteiger partial charge in [-0.15, -0.1) is 0 Å². The first kappa shape index (κ1) is 21.1. The molecule has 1 aromatic rings. The molecule has 8 nitrogen and oxygen atoms in total. The van der Waals surface area contributed by atoms with Gasteiger partial charge in [0.05, 0.1) is 30.5 Å². The Balaban J connectivity index is 1.79. The lowest BCUT2D eigenvalue weighted by atomic mass is 9.95. The number of methoxy groups -OCH3 is 1. The first-order valence-corrected chi connectivity index (χ1v) is 9.96. The van der Waals surface area contributed by atoms with Crippen molar-refractivity contribution in [3.63, 3.8) is 0 Å². The highest BCUT2D eigenvalue weighted by Gasteiger charge is 2.43. The van der Waals surface area contributed by atoms with Crippen molar-refractivity contribution in [1.29, 1.82) is 0 Å². The Kier molecular flexibility index (Phi) is 6.76. The minimum absolute atomic E-state index is 0.149. The number of hydrogen-bond acceptors (Lipinski definition) is 4. The average Bonchev–Trinajstić information content (AvgIpc) is 3.03. The third kappa shape index (κ3) is 4.38. The average molecular weight is 421 g/mol. The number of amides is 4. The SMILES string of the molecule is CCN1C(=O)NC(c2ccccc2Cl)C2=C1CN(CCC(=O)NCCOC)C2=O. The van der Waals surface area contributed by atoms with Crippen molar-refractivity contribution in [2.24, 2.45) is 0 Å². The minimum Gasteiger partial charge on any atom is -0.383 e. The number of benzene rings is 1.